The molecule has 0 bridgehead atoms. The van der Waals surface area contributed by atoms with Crippen LogP contribution in [0, 0.1) is 0 Å². The highest BCUT2D eigenvalue weighted by molar-refractivity contribution is 7.38. The first-order valence-electron chi connectivity index (χ1n) is 2.35. The van der Waals surface area contributed by atoms with Gasteiger partial charge in [-0.3, -0.25) is 0 Å². The summed E-state index contributed by atoms with van der Waals surface area (Å²) in [5, 5.41) is 0. The molecule has 0 aromatic heterocycles. The molecular formula is C5H12O3P-. The van der Waals surface area contributed by atoms with Crippen LogP contribution in [0.25, 0.3) is 0 Å². The zero-order valence-corrected chi connectivity index (χ0v) is 6.85. The van der Waals surface area contributed by atoms with Crippen molar-refractivity contribution in [2.24, 2.45) is 0 Å². The van der Waals surface area contributed by atoms with E-state index in [-0.39, 0.29) is 0 Å². The third-order valence-corrected chi connectivity index (χ3v) is 0.894. The zero-order chi connectivity index (χ0) is 7.70. The van der Waals surface area contributed by atoms with Crippen molar-refractivity contribution in [1.82, 2.24) is 0 Å². The van der Waals surface area contributed by atoms with Gasteiger partial charge in [0.15, 0.2) is 0 Å². The SMILES string of the molecule is C=CC.COP([O-])OC. The van der Waals surface area contributed by atoms with Gasteiger partial charge in [0.05, 0.1) is 8.60 Å². The Balaban J connectivity index is 0. The van der Waals surface area contributed by atoms with Gasteiger partial charge in [-0.25, -0.2) is 0 Å². The van der Waals surface area contributed by atoms with Crippen LogP contribution in [0.15, 0.2) is 12.7 Å². The van der Waals surface area contributed by atoms with Crippen molar-refractivity contribution in [3.05, 3.63) is 12.7 Å². The second-order valence-electron chi connectivity index (χ2n) is 0.997. The predicted molar refractivity (Wildman–Crippen MR) is 36.8 cm³/mol. The Morgan fingerprint density at radius 3 is 1.67 bits per heavy atom. The van der Waals surface area contributed by atoms with Crippen molar-refractivity contribution >= 4 is 8.60 Å². The lowest BCUT2D eigenvalue weighted by Crippen LogP contribution is -1.96. The highest BCUT2D eigenvalue weighted by Crippen LogP contribution is 2.22. The summed E-state index contributed by atoms with van der Waals surface area (Å²) in [6.45, 7) is 5.25. The molecule has 0 N–H and O–H groups in total. The van der Waals surface area contributed by atoms with E-state index < -0.39 is 8.60 Å². The summed E-state index contributed by atoms with van der Waals surface area (Å²) in [6, 6.07) is 0. The third kappa shape index (κ3) is 18.0. The summed E-state index contributed by atoms with van der Waals surface area (Å²) in [4.78, 5) is 9.88. The van der Waals surface area contributed by atoms with Gasteiger partial charge in [-0.15, -0.1) is 6.58 Å². The molecule has 0 radical (unpaired) electrons. The molecule has 0 aliphatic heterocycles. The molecule has 0 fully saturated rings. The number of hydrogen-bond acceptors (Lipinski definition) is 3. The molecular weight excluding hydrogens is 139 g/mol. The number of allylic oxidation sites excluding steroid dienone is 1. The Labute approximate surface area is 57.3 Å². The summed E-state index contributed by atoms with van der Waals surface area (Å²) in [6.07, 6.45) is 1.75. The number of rotatable bonds is 2. The Kier molecular flexibility index (Phi) is 14.3. The quantitative estimate of drug-likeness (QED) is 0.437. The summed E-state index contributed by atoms with van der Waals surface area (Å²) >= 11 is 0. The van der Waals surface area contributed by atoms with Gasteiger partial charge < -0.3 is 13.9 Å². The molecule has 3 nitrogen and oxygen atoms in total. The molecule has 0 atom stereocenters. The van der Waals surface area contributed by atoms with E-state index in [0.29, 0.717) is 0 Å². The lowest BCUT2D eigenvalue weighted by molar-refractivity contribution is -0.199. The topological polar surface area (TPSA) is 41.5 Å². The van der Waals surface area contributed by atoms with Crippen LogP contribution >= 0.6 is 8.60 Å². The molecule has 56 valence electrons. The maximum atomic E-state index is 9.88. The van der Waals surface area contributed by atoms with E-state index in [1.54, 1.807) is 6.08 Å². The normalized spacial score (nSPS) is 8.11. The Morgan fingerprint density at radius 2 is 1.67 bits per heavy atom. The van der Waals surface area contributed by atoms with Crippen molar-refractivity contribution in [3.8, 4) is 0 Å². The highest BCUT2D eigenvalue weighted by atomic mass is 31.2. The van der Waals surface area contributed by atoms with E-state index in [1.807, 2.05) is 6.92 Å². The average Bonchev–Trinajstić information content (AvgIpc) is 1.88. The molecule has 0 aliphatic rings. The zero-order valence-electron chi connectivity index (χ0n) is 5.96. The van der Waals surface area contributed by atoms with E-state index in [4.69, 9.17) is 0 Å². The largest absolute Gasteiger partial charge is 0.786 e. The third-order valence-electron chi connectivity index (χ3n) is 0.298. The monoisotopic (exact) mass is 151 g/mol. The molecule has 0 aromatic carbocycles. The van der Waals surface area contributed by atoms with Crippen molar-refractivity contribution in [1.29, 1.82) is 0 Å². The van der Waals surface area contributed by atoms with Crippen LogP contribution in [-0.2, 0) is 9.05 Å². The number of hydrogen-bond donors (Lipinski definition) is 0. The van der Waals surface area contributed by atoms with Gasteiger partial charge in [-0.05, 0) is 6.92 Å². The van der Waals surface area contributed by atoms with Crippen LogP contribution in [0.3, 0.4) is 0 Å². The molecule has 4 heteroatoms. The van der Waals surface area contributed by atoms with E-state index in [2.05, 4.69) is 15.6 Å². The summed E-state index contributed by atoms with van der Waals surface area (Å²) in [5.41, 5.74) is 0. The van der Waals surface area contributed by atoms with Gasteiger partial charge in [-0.2, -0.15) is 0 Å². The first-order chi connectivity index (χ1) is 4.22. The molecule has 0 spiro atoms. The molecule has 9 heavy (non-hydrogen) atoms. The summed E-state index contributed by atoms with van der Waals surface area (Å²) < 4.78 is 8.37. The fourth-order valence-corrected chi connectivity index (χ4v) is 0.224. The second-order valence-corrected chi connectivity index (χ2v) is 2.17. The average molecular weight is 151 g/mol. The van der Waals surface area contributed by atoms with E-state index >= 15 is 0 Å². The molecule has 0 saturated carbocycles. The Morgan fingerprint density at radius 1 is 1.44 bits per heavy atom. The molecule has 0 saturated heterocycles. The van der Waals surface area contributed by atoms with Crippen molar-refractivity contribution in [2.75, 3.05) is 14.2 Å². The maximum absolute atomic E-state index is 9.88. The lowest BCUT2D eigenvalue weighted by Gasteiger charge is -2.15. The van der Waals surface area contributed by atoms with E-state index in [1.165, 1.54) is 14.2 Å². The van der Waals surface area contributed by atoms with Crippen LogP contribution < -0.4 is 4.89 Å². The smallest absolute Gasteiger partial charge is 0.0820 e. The van der Waals surface area contributed by atoms with Crippen LogP contribution in [0.1, 0.15) is 6.92 Å². The molecule has 0 amide bonds. The minimum absolute atomic E-state index is 1.32. The van der Waals surface area contributed by atoms with E-state index in [9.17, 15) is 4.89 Å². The highest BCUT2D eigenvalue weighted by Gasteiger charge is 1.77. The van der Waals surface area contributed by atoms with Crippen LogP contribution in [0.4, 0.5) is 0 Å². The van der Waals surface area contributed by atoms with Crippen LogP contribution in [0.2, 0.25) is 0 Å². The summed E-state index contributed by atoms with van der Waals surface area (Å²) in [5.74, 6) is 0. The van der Waals surface area contributed by atoms with E-state index in [0.717, 1.165) is 0 Å². The van der Waals surface area contributed by atoms with Gasteiger partial charge in [0.1, 0.15) is 0 Å². The van der Waals surface area contributed by atoms with Crippen molar-refractivity contribution in [3.63, 3.8) is 0 Å². The lowest BCUT2D eigenvalue weighted by atomic mass is 10.8. The first-order valence-corrected chi connectivity index (χ1v) is 3.45. The summed E-state index contributed by atoms with van der Waals surface area (Å²) in [7, 11) is 0.817. The minimum Gasteiger partial charge on any atom is -0.786 e. The second kappa shape index (κ2) is 10.9. The van der Waals surface area contributed by atoms with Gasteiger partial charge in [0.2, 0.25) is 0 Å². The van der Waals surface area contributed by atoms with Crippen LogP contribution in [0.5, 0.6) is 0 Å². The first kappa shape index (κ1) is 11.8. The molecule has 0 unspecified atom stereocenters. The van der Waals surface area contributed by atoms with Gasteiger partial charge >= 0.3 is 0 Å². The molecule has 0 heterocycles. The van der Waals surface area contributed by atoms with Gasteiger partial charge in [-0.1, -0.05) is 6.08 Å². The fraction of sp³-hybridized carbons (Fsp3) is 0.600. The fourth-order valence-electron chi connectivity index (χ4n) is 0.0745. The standard InChI is InChI=1S/C3H6.C2H6O3P/c1-3-2;1-4-6(3)5-2/h3H,1H2,2H3;1-2H3/q;-1. The molecule has 0 rings (SSSR count). The maximum Gasteiger partial charge on any atom is 0.0820 e. The van der Waals surface area contributed by atoms with Gasteiger partial charge in [0, 0.05) is 14.2 Å². The minimum atomic E-state index is -1.83. The van der Waals surface area contributed by atoms with Crippen molar-refractivity contribution in [2.45, 2.75) is 6.92 Å². The molecule has 0 aromatic rings. The Hall–Kier alpha value is 0.0500. The van der Waals surface area contributed by atoms with Gasteiger partial charge in [0.25, 0.3) is 0 Å². The van der Waals surface area contributed by atoms with Crippen molar-refractivity contribution < 1.29 is 13.9 Å². The van der Waals surface area contributed by atoms with Crippen LogP contribution in [-0.4, -0.2) is 14.2 Å². The molecule has 0 aliphatic carbocycles. The predicted octanol–water partition coefficient (Wildman–Crippen LogP) is 1.06. The Bertz CT molecular complexity index is 54.2.